The Hall–Kier alpha value is -1.55. The number of hydrogen-bond donors (Lipinski definition) is 0. The third-order valence-corrected chi connectivity index (χ3v) is 3.69. The summed E-state index contributed by atoms with van der Waals surface area (Å²) in [5.41, 5.74) is 1.75. The molecular formula is C15H22N2O2. The van der Waals surface area contributed by atoms with Gasteiger partial charge in [-0.3, -0.25) is 4.79 Å². The third kappa shape index (κ3) is 3.07. The number of methoxy groups -OCH3 is 1. The summed E-state index contributed by atoms with van der Waals surface area (Å²) in [6.45, 7) is 8.70. The first kappa shape index (κ1) is 13.9. The molecule has 0 aromatic heterocycles. The van der Waals surface area contributed by atoms with Gasteiger partial charge in [0.2, 0.25) is 0 Å². The standard InChI is InChI=1S/C15H22N2O2/c1-4-16-7-9-17(10-8-16)15(18)13-11-12(2)5-6-14(13)19-3/h5-6,11H,4,7-10H2,1-3H3. The molecule has 1 heterocycles. The molecule has 0 radical (unpaired) electrons. The number of aryl methyl sites for hydroxylation is 1. The highest BCUT2D eigenvalue weighted by atomic mass is 16.5. The maximum absolute atomic E-state index is 12.6. The Morgan fingerprint density at radius 3 is 2.53 bits per heavy atom. The average Bonchev–Trinajstić information content (AvgIpc) is 2.46. The number of carbonyl (C=O) groups is 1. The van der Waals surface area contributed by atoms with Crippen molar-refractivity contribution in [3.63, 3.8) is 0 Å². The number of benzene rings is 1. The van der Waals surface area contributed by atoms with Crippen LogP contribution in [0.3, 0.4) is 0 Å². The highest BCUT2D eigenvalue weighted by Gasteiger charge is 2.23. The van der Waals surface area contributed by atoms with E-state index in [4.69, 9.17) is 4.74 Å². The summed E-state index contributed by atoms with van der Waals surface area (Å²) >= 11 is 0. The molecule has 1 aromatic carbocycles. The second-order valence-corrected chi connectivity index (χ2v) is 4.93. The lowest BCUT2D eigenvalue weighted by molar-refractivity contribution is 0.0640. The fourth-order valence-electron chi connectivity index (χ4n) is 2.43. The SMILES string of the molecule is CCN1CCN(C(=O)c2cc(C)ccc2OC)CC1. The van der Waals surface area contributed by atoms with Crippen molar-refractivity contribution in [3.05, 3.63) is 29.3 Å². The van der Waals surface area contributed by atoms with E-state index in [1.54, 1.807) is 7.11 Å². The molecule has 1 fully saturated rings. The fourth-order valence-corrected chi connectivity index (χ4v) is 2.43. The van der Waals surface area contributed by atoms with Crippen LogP contribution < -0.4 is 4.74 Å². The first-order valence-electron chi connectivity index (χ1n) is 6.82. The van der Waals surface area contributed by atoms with Crippen LogP contribution >= 0.6 is 0 Å². The van der Waals surface area contributed by atoms with Gasteiger partial charge in [-0.2, -0.15) is 0 Å². The van der Waals surface area contributed by atoms with Crippen molar-refractivity contribution in [2.24, 2.45) is 0 Å². The van der Waals surface area contributed by atoms with E-state index in [-0.39, 0.29) is 5.91 Å². The first-order valence-corrected chi connectivity index (χ1v) is 6.82. The second-order valence-electron chi connectivity index (χ2n) is 4.93. The number of piperazine rings is 1. The highest BCUT2D eigenvalue weighted by Crippen LogP contribution is 2.22. The van der Waals surface area contributed by atoms with Crippen molar-refractivity contribution in [2.45, 2.75) is 13.8 Å². The van der Waals surface area contributed by atoms with E-state index in [9.17, 15) is 4.79 Å². The smallest absolute Gasteiger partial charge is 0.257 e. The van der Waals surface area contributed by atoms with Gasteiger partial charge in [0, 0.05) is 26.2 Å². The monoisotopic (exact) mass is 262 g/mol. The normalized spacial score (nSPS) is 16.5. The number of likely N-dealkylation sites (N-methyl/N-ethyl adjacent to an activating group) is 1. The van der Waals surface area contributed by atoms with E-state index in [2.05, 4.69) is 11.8 Å². The van der Waals surface area contributed by atoms with Crippen LogP contribution in [0.4, 0.5) is 0 Å². The molecule has 1 amide bonds. The van der Waals surface area contributed by atoms with Crippen molar-refractivity contribution < 1.29 is 9.53 Å². The van der Waals surface area contributed by atoms with Crippen molar-refractivity contribution >= 4 is 5.91 Å². The van der Waals surface area contributed by atoms with E-state index in [1.807, 2.05) is 30.0 Å². The molecule has 1 aromatic rings. The lowest BCUT2D eigenvalue weighted by atomic mass is 10.1. The zero-order valence-electron chi connectivity index (χ0n) is 12.0. The van der Waals surface area contributed by atoms with Crippen LogP contribution in [-0.4, -0.2) is 55.5 Å². The molecule has 0 spiro atoms. The maximum Gasteiger partial charge on any atom is 0.257 e. The second kappa shape index (κ2) is 6.06. The average molecular weight is 262 g/mol. The molecular weight excluding hydrogens is 240 g/mol. The van der Waals surface area contributed by atoms with Crippen molar-refractivity contribution in [3.8, 4) is 5.75 Å². The molecule has 4 nitrogen and oxygen atoms in total. The molecule has 0 aliphatic carbocycles. The van der Waals surface area contributed by atoms with Gasteiger partial charge in [0.1, 0.15) is 5.75 Å². The van der Waals surface area contributed by atoms with Crippen molar-refractivity contribution in [2.75, 3.05) is 39.8 Å². The Morgan fingerprint density at radius 2 is 1.95 bits per heavy atom. The summed E-state index contributed by atoms with van der Waals surface area (Å²) in [4.78, 5) is 16.8. The van der Waals surface area contributed by atoms with E-state index in [0.29, 0.717) is 11.3 Å². The first-order chi connectivity index (χ1) is 9.15. The summed E-state index contributed by atoms with van der Waals surface area (Å²) in [6, 6.07) is 5.74. The molecule has 4 heteroatoms. The fraction of sp³-hybridized carbons (Fsp3) is 0.533. The summed E-state index contributed by atoms with van der Waals surface area (Å²) in [7, 11) is 1.61. The predicted octanol–water partition coefficient (Wildman–Crippen LogP) is 1.78. The van der Waals surface area contributed by atoms with E-state index in [0.717, 1.165) is 38.3 Å². The minimum absolute atomic E-state index is 0.0799. The minimum atomic E-state index is 0.0799. The molecule has 0 unspecified atom stereocenters. The third-order valence-electron chi connectivity index (χ3n) is 3.69. The van der Waals surface area contributed by atoms with E-state index >= 15 is 0 Å². The largest absolute Gasteiger partial charge is 0.496 e. The topological polar surface area (TPSA) is 32.8 Å². The van der Waals surface area contributed by atoms with Gasteiger partial charge in [-0.1, -0.05) is 18.6 Å². The molecule has 0 saturated carbocycles. The van der Waals surface area contributed by atoms with Crippen molar-refractivity contribution in [1.29, 1.82) is 0 Å². The number of rotatable bonds is 3. The van der Waals surface area contributed by atoms with Crippen LogP contribution in [0.15, 0.2) is 18.2 Å². The number of hydrogen-bond acceptors (Lipinski definition) is 3. The molecule has 0 N–H and O–H groups in total. The quantitative estimate of drug-likeness (QED) is 0.832. The summed E-state index contributed by atoms with van der Waals surface area (Å²) < 4.78 is 5.30. The zero-order chi connectivity index (χ0) is 13.8. The van der Waals surface area contributed by atoms with Crippen LogP contribution in [0.2, 0.25) is 0 Å². The Kier molecular flexibility index (Phi) is 4.43. The van der Waals surface area contributed by atoms with Gasteiger partial charge in [0.15, 0.2) is 0 Å². The van der Waals surface area contributed by atoms with Gasteiger partial charge in [-0.05, 0) is 25.6 Å². The van der Waals surface area contributed by atoms with E-state index < -0.39 is 0 Å². The molecule has 19 heavy (non-hydrogen) atoms. The Bertz CT molecular complexity index is 451. The van der Waals surface area contributed by atoms with Crippen molar-refractivity contribution in [1.82, 2.24) is 9.80 Å². The van der Waals surface area contributed by atoms with Crippen LogP contribution in [0.25, 0.3) is 0 Å². The molecule has 0 atom stereocenters. The molecule has 1 aliphatic rings. The lowest BCUT2D eigenvalue weighted by Crippen LogP contribution is -2.48. The van der Waals surface area contributed by atoms with Gasteiger partial charge in [-0.25, -0.2) is 0 Å². The van der Waals surface area contributed by atoms with Crippen LogP contribution in [-0.2, 0) is 0 Å². The maximum atomic E-state index is 12.6. The molecule has 2 rings (SSSR count). The van der Waals surface area contributed by atoms with Crippen LogP contribution in [0.5, 0.6) is 5.75 Å². The van der Waals surface area contributed by atoms with Crippen LogP contribution in [0.1, 0.15) is 22.8 Å². The summed E-state index contributed by atoms with van der Waals surface area (Å²) in [5, 5.41) is 0. The zero-order valence-corrected chi connectivity index (χ0v) is 12.0. The lowest BCUT2D eigenvalue weighted by Gasteiger charge is -2.34. The molecule has 1 saturated heterocycles. The molecule has 0 bridgehead atoms. The van der Waals surface area contributed by atoms with Gasteiger partial charge in [0.05, 0.1) is 12.7 Å². The highest BCUT2D eigenvalue weighted by molar-refractivity contribution is 5.97. The number of nitrogens with zero attached hydrogens (tertiary/aromatic N) is 2. The Labute approximate surface area is 115 Å². The van der Waals surface area contributed by atoms with Crippen LogP contribution in [0, 0.1) is 6.92 Å². The predicted molar refractivity (Wildman–Crippen MR) is 75.7 cm³/mol. The van der Waals surface area contributed by atoms with Gasteiger partial charge in [-0.15, -0.1) is 0 Å². The molecule has 104 valence electrons. The minimum Gasteiger partial charge on any atom is -0.496 e. The Balaban J connectivity index is 2.14. The molecule has 1 aliphatic heterocycles. The van der Waals surface area contributed by atoms with E-state index in [1.165, 1.54) is 0 Å². The summed E-state index contributed by atoms with van der Waals surface area (Å²) in [6.07, 6.45) is 0. The Morgan fingerprint density at radius 1 is 1.26 bits per heavy atom. The summed E-state index contributed by atoms with van der Waals surface area (Å²) in [5.74, 6) is 0.741. The number of ether oxygens (including phenoxy) is 1. The van der Waals surface area contributed by atoms with Gasteiger partial charge >= 0.3 is 0 Å². The number of carbonyl (C=O) groups excluding carboxylic acids is 1. The number of amides is 1. The van der Waals surface area contributed by atoms with Gasteiger partial charge < -0.3 is 14.5 Å². The van der Waals surface area contributed by atoms with Gasteiger partial charge in [0.25, 0.3) is 5.91 Å².